The molecule has 0 amide bonds. The van der Waals surface area contributed by atoms with Crippen molar-refractivity contribution in [3.8, 4) is 0 Å². The summed E-state index contributed by atoms with van der Waals surface area (Å²) in [5.41, 5.74) is -1.23. The maximum absolute atomic E-state index is 11.6. The van der Waals surface area contributed by atoms with Gasteiger partial charge in [0.2, 0.25) is 0 Å². The van der Waals surface area contributed by atoms with Crippen LogP contribution in [-0.4, -0.2) is 44.8 Å². The zero-order chi connectivity index (χ0) is 13.3. The number of aliphatic carboxylic acids is 1. The third-order valence-corrected chi connectivity index (χ3v) is 4.01. The highest BCUT2D eigenvalue weighted by atomic mass is 32.2. The van der Waals surface area contributed by atoms with Gasteiger partial charge in [-0.3, -0.25) is 4.79 Å². The molecule has 1 heterocycles. The number of carboxylic acid groups (broad SMARTS) is 1. The van der Waals surface area contributed by atoms with Crippen LogP contribution in [0.1, 0.15) is 20.8 Å². The average Bonchev–Trinajstić information content (AvgIpc) is 2.45. The van der Waals surface area contributed by atoms with Gasteiger partial charge in [-0.15, -0.1) is 0 Å². The monoisotopic (exact) mass is 266 g/mol. The molecule has 0 aromatic rings. The summed E-state index contributed by atoms with van der Waals surface area (Å²) in [6.45, 7) is 4.88. The van der Waals surface area contributed by atoms with E-state index >= 15 is 0 Å². The maximum Gasteiger partial charge on any atom is 0.313 e. The summed E-state index contributed by atoms with van der Waals surface area (Å²) in [5, 5.41) is 9.09. The van der Waals surface area contributed by atoms with Crippen molar-refractivity contribution < 1.29 is 23.1 Å². The first-order valence-electron chi connectivity index (χ1n) is 5.28. The molecular formula is C9H18N2O5S. The Hall–Kier alpha value is -0.700. The van der Waals surface area contributed by atoms with E-state index in [2.05, 4.69) is 9.44 Å². The topological polar surface area (TPSA) is 105 Å². The van der Waals surface area contributed by atoms with Gasteiger partial charge in [0.25, 0.3) is 10.2 Å². The first kappa shape index (κ1) is 14.4. The normalized spacial score (nSPS) is 29.8. The van der Waals surface area contributed by atoms with Gasteiger partial charge >= 0.3 is 5.97 Å². The molecule has 0 aromatic carbocycles. The van der Waals surface area contributed by atoms with Crippen LogP contribution in [0.2, 0.25) is 0 Å². The Morgan fingerprint density at radius 1 is 1.53 bits per heavy atom. The van der Waals surface area contributed by atoms with Crippen LogP contribution in [0.5, 0.6) is 0 Å². The van der Waals surface area contributed by atoms with Crippen LogP contribution in [-0.2, 0) is 19.7 Å². The molecule has 7 nitrogen and oxygen atoms in total. The second-order valence-corrected chi connectivity index (χ2v) is 6.16. The lowest BCUT2D eigenvalue weighted by atomic mass is 9.86. The van der Waals surface area contributed by atoms with Crippen LogP contribution in [0, 0.1) is 5.41 Å². The molecule has 1 fully saturated rings. The molecule has 1 aliphatic heterocycles. The molecule has 3 N–H and O–H groups in total. The molecule has 0 bridgehead atoms. The van der Waals surface area contributed by atoms with E-state index in [9.17, 15) is 13.2 Å². The number of rotatable bonds is 5. The minimum absolute atomic E-state index is 0.00278. The molecule has 2 unspecified atom stereocenters. The molecule has 0 saturated carbocycles. The van der Waals surface area contributed by atoms with Crippen molar-refractivity contribution in [1.82, 2.24) is 9.44 Å². The molecule has 0 spiro atoms. The molecule has 0 aromatic heterocycles. The van der Waals surface area contributed by atoms with E-state index < -0.39 is 27.6 Å². The van der Waals surface area contributed by atoms with Gasteiger partial charge in [0.1, 0.15) is 5.41 Å². The van der Waals surface area contributed by atoms with Gasteiger partial charge in [0.05, 0.1) is 19.3 Å². The van der Waals surface area contributed by atoms with Gasteiger partial charge < -0.3 is 9.84 Å². The number of hydrogen-bond donors (Lipinski definition) is 3. The fraction of sp³-hybridized carbons (Fsp3) is 0.889. The highest BCUT2D eigenvalue weighted by Gasteiger charge is 2.48. The summed E-state index contributed by atoms with van der Waals surface area (Å²) in [6.07, 6.45) is 0. The van der Waals surface area contributed by atoms with E-state index in [0.29, 0.717) is 0 Å². The zero-order valence-corrected chi connectivity index (χ0v) is 10.9. The highest BCUT2D eigenvalue weighted by Crippen LogP contribution is 2.28. The first-order valence-corrected chi connectivity index (χ1v) is 6.76. The Kier molecular flexibility index (Phi) is 4.13. The van der Waals surface area contributed by atoms with Crippen molar-refractivity contribution in [2.24, 2.45) is 5.41 Å². The van der Waals surface area contributed by atoms with E-state index in [0.717, 1.165) is 0 Å². The predicted octanol–water partition coefficient (Wildman–Crippen LogP) is -0.691. The molecule has 2 atom stereocenters. The minimum atomic E-state index is -3.71. The smallest absolute Gasteiger partial charge is 0.313 e. The van der Waals surface area contributed by atoms with Crippen molar-refractivity contribution in [2.75, 3.05) is 13.2 Å². The Bertz CT molecular complexity index is 394. The van der Waals surface area contributed by atoms with Gasteiger partial charge in [-0.1, -0.05) is 0 Å². The molecule has 0 aliphatic carbocycles. The SMILES string of the molecule is CC(C)NS(=O)(=O)NC1COCC1(C)C(=O)O. The largest absolute Gasteiger partial charge is 0.481 e. The third-order valence-electron chi connectivity index (χ3n) is 2.63. The highest BCUT2D eigenvalue weighted by molar-refractivity contribution is 7.87. The zero-order valence-electron chi connectivity index (χ0n) is 10.1. The summed E-state index contributed by atoms with van der Waals surface area (Å²) >= 11 is 0. The second kappa shape index (κ2) is 4.89. The van der Waals surface area contributed by atoms with Crippen LogP contribution in [0.25, 0.3) is 0 Å². The molecule has 1 saturated heterocycles. The number of carboxylic acids is 1. The van der Waals surface area contributed by atoms with E-state index in [4.69, 9.17) is 9.84 Å². The second-order valence-electron chi connectivity index (χ2n) is 4.68. The molecule has 1 rings (SSSR count). The van der Waals surface area contributed by atoms with Crippen LogP contribution >= 0.6 is 0 Å². The van der Waals surface area contributed by atoms with Crippen LogP contribution in [0.3, 0.4) is 0 Å². The third kappa shape index (κ3) is 3.38. The van der Waals surface area contributed by atoms with Crippen molar-refractivity contribution in [3.05, 3.63) is 0 Å². The molecule has 17 heavy (non-hydrogen) atoms. The molecule has 100 valence electrons. The summed E-state index contributed by atoms with van der Waals surface area (Å²) in [4.78, 5) is 11.1. The van der Waals surface area contributed by atoms with Crippen molar-refractivity contribution in [2.45, 2.75) is 32.9 Å². The van der Waals surface area contributed by atoms with E-state index in [-0.39, 0.29) is 19.3 Å². The Morgan fingerprint density at radius 2 is 2.12 bits per heavy atom. The first-order chi connectivity index (χ1) is 7.67. The van der Waals surface area contributed by atoms with Gasteiger partial charge in [0, 0.05) is 6.04 Å². The number of carbonyl (C=O) groups is 1. The molecular weight excluding hydrogens is 248 g/mol. The summed E-state index contributed by atoms with van der Waals surface area (Å²) < 4.78 is 33.0. The Balaban J connectivity index is 2.78. The van der Waals surface area contributed by atoms with E-state index in [1.54, 1.807) is 13.8 Å². The summed E-state index contributed by atoms with van der Waals surface area (Å²) in [7, 11) is -3.71. The fourth-order valence-corrected chi connectivity index (χ4v) is 2.97. The quantitative estimate of drug-likeness (QED) is 0.611. The van der Waals surface area contributed by atoms with Crippen LogP contribution in [0.15, 0.2) is 0 Å². The lowest BCUT2D eigenvalue weighted by Gasteiger charge is -2.25. The predicted molar refractivity (Wildman–Crippen MR) is 60.7 cm³/mol. The number of ether oxygens (including phenoxy) is 1. The maximum atomic E-state index is 11.6. The molecule has 8 heteroatoms. The summed E-state index contributed by atoms with van der Waals surface area (Å²) in [5.74, 6) is -1.08. The Morgan fingerprint density at radius 3 is 2.59 bits per heavy atom. The minimum Gasteiger partial charge on any atom is -0.481 e. The molecule has 0 radical (unpaired) electrons. The Labute approximate surface area is 101 Å². The average molecular weight is 266 g/mol. The number of hydrogen-bond acceptors (Lipinski definition) is 4. The van der Waals surface area contributed by atoms with Gasteiger partial charge in [-0.05, 0) is 20.8 Å². The van der Waals surface area contributed by atoms with Gasteiger partial charge in [-0.25, -0.2) is 0 Å². The number of nitrogens with one attached hydrogen (secondary N) is 2. The lowest BCUT2D eigenvalue weighted by molar-refractivity contribution is -0.148. The lowest BCUT2D eigenvalue weighted by Crippen LogP contribution is -2.53. The van der Waals surface area contributed by atoms with Gasteiger partial charge in [0.15, 0.2) is 0 Å². The van der Waals surface area contributed by atoms with Crippen LogP contribution < -0.4 is 9.44 Å². The van der Waals surface area contributed by atoms with Crippen molar-refractivity contribution >= 4 is 16.2 Å². The van der Waals surface area contributed by atoms with Crippen molar-refractivity contribution in [1.29, 1.82) is 0 Å². The van der Waals surface area contributed by atoms with Gasteiger partial charge in [-0.2, -0.15) is 17.9 Å². The van der Waals surface area contributed by atoms with Crippen molar-refractivity contribution in [3.63, 3.8) is 0 Å². The fourth-order valence-electron chi connectivity index (χ4n) is 1.58. The molecule has 1 aliphatic rings. The standard InChI is InChI=1S/C9H18N2O5S/c1-6(2)10-17(14,15)11-7-4-16-5-9(7,3)8(12)13/h6-7,10-11H,4-5H2,1-3H3,(H,12,13). The van der Waals surface area contributed by atoms with E-state index in [1.807, 2.05) is 0 Å². The summed E-state index contributed by atoms with van der Waals surface area (Å²) in [6, 6.07) is -1.03. The van der Waals surface area contributed by atoms with E-state index in [1.165, 1.54) is 6.92 Å². The van der Waals surface area contributed by atoms with Crippen LogP contribution in [0.4, 0.5) is 0 Å².